The second-order valence-corrected chi connectivity index (χ2v) is 4.99. The maximum atomic E-state index is 11.8. The van der Waals surface area contributed by atoms with Crippen LogP contribution in [0.15, 0.2) is 52.1 Å². The second-order valence-electron chi connectivity index (χ2n) is 4.99. The summed E-state index contributed by atoms with van der Waals surface area (Å²) in [5.74, 6) is 1.92. The maximum Gasteiger partial charge on any atom is 0.239 e. The molecule has 0 fully saturated rings. The summed E-state index contributed by atoms with van der Waals surface area (Å²) in [6, 6.07) is 11.3. The van der Waals surface area contributed by atoms with Crippen molar-refractivity contribution in [3.63, 3.8) is 0 Å². The first-order valence-corrected chi connectivity index (χ1v) is 7.58. The Morgan fingerprint density at radius 1 is 1.16 bits per heavy atom. The summed E-state index contributed by atoms with van der Waals surface area (Å²) < 4.78 is 10.3. The molecule has 0 bridgehead atoms. The number of hydrogen-bond donors (Lipinski definition) is 3. The third kappa shape index (κ3) is 7.46. The summed E-state index contributed by atoms with van der Waals surface area (Å²) in [6.07, 6.45) is 1.57. The summed E-state index contributed by atoms with van der Waals surface area (Å²) in [4.78, 5) is 15.9. The molecule has 8 heteroatoms. The van der Waals surface area contributed by atoms with E-state index in [1.165, 1.54) is 0 Å². The molecule has 25 heavy (non-hydrogen) atoms. The molecule has 1 amide bonds. The first-order chi connectivity index (χ1) is 11.7. The highest BCUT2D eigenvalue weighted by Gasteiger charge is 2.05. The maximum absolute atomic E-state index is 11.8. The molecule has 2 rings (SSSR count). The third-order valence-electron chi connectivity index (χ3n) is 3.27. The number of carbonyl (C=O) groups is 1. The average Bonchev–Trinajstić information content (AvgIpc) is 3.14. The number of halogens is 1. The topological polar surface area (TPSA) is 87.9 Å². The van der Waals surface area contributed by atoms with E-state index in [-0.39, 0.29) is 36.4 Å². The van der Waals surface area contributed by atoms with Crippen molar-refractivity contribution in [2.24, 2.45) is 4.99 Å². The van der Waals surface area contributed by atoms with Crippen molar-refractivity contribution in [1.29, 1.82) is 0 Å². The molecule has 1 heterocycles. The van der Waals surface area contributed by atoms with E-state index in [0.29, 0.717) is 24.8 Å². The van der Waals surface area contributed by atoms with Crippen LogP contribution in [0.2, 0.25) is 0 Å². The largest absolute Gasteiger partial charge is 0.497 e. The molecule has 7 nitrogen and oxygen atoms in total. The molecule has 0 saturated heterocycles. The van der Waals surface area contributed by atoms with Crippen LogP contribution in [0.5, 0.6) is 5.75 Å². The fourth-order valence-electron chi connectivity index (χ4n) is 2.01. The minimum atomic E-state index is -0.143. The lowest BCUT2D eigenvalue weighted by atomic mass is 10.2. The molecule has 3 N–H and O–H groups in total. The Bertz CT molecular complexity index is 674. The molecule has 0 radical (unpaired) electrons. The molecule has 2 aromatic rings. The Morgan fingerprint density at radius 3 is 2.68 bits per heavy atom. The van der Waals surface area contributed by atoms with Crippen LogP contribution in [-0.4, -0.2) is 32.6 Å². The quantitative estimate of drug-likeness (QED) is 0.335. The molecule has 1 aromatic heterocycles. The van der Waals surface area contributed by atoms with E-state index in [2.05, 4.69) is 20.9 Å². The van der Waals surface area contributed by atoms with Gasteiger partial charge in [-0.1, -0.05) is 12.1 Å². The molecule has 0 saturated carbocycles. The zero-order chi connectivity index (χ0) is 17.2. The van der Waals surface area contributed by atoms with Gasteiger partial charge in [0.25, 0.3) is 0 Å². The van der Waals surface area contributed by atoms with Gasteiger partial charge in [0, 0.05) is 13.6 Å². The molecular formula is C17H23IN4O3. The smallest absolute Gasteiger partial charge is 0.239 e. The molecule has 0 unspecified atom stereocenters. The van der Waals surface area contributed by atoms with E-state index in [9.17, 15) is 4.79 Å². The van der Waals surface area contributed by atoms with Gasteiger partial charge >= 0.3 is 0 Å². The van der Waals surface area contributed by atoms with Crippen molar-refractivity contribution in [2.75, 3.05) is 20.7 Å². The first-order valence-electron chi connectivity index (χ1n) is 7.58. The van der Waals surface area contributed by atoms with Gasteiger partial charge in [-0.15, -0.1) is 24.0 Å². The molecule has 1 aromatic carbocycles. The fraction of sp³-hybridized carbons (Fsp3) is 0.294. The number of methoxy groups -OCH3 is 1. The number of amides is 1. The predicted molar refractivity (Wildman–Crippen MR) is 107 cm³/mol. The van der Waals surface area contributed by atoms with Gasteiger partial charge in [0.15, 0.2) is 5.96 Å². The number of benzene rings is 1. The summed E-state index contributed by atoms with van der Waals surface area (Å²) in [7, 11) is 3.29. The van der Waals surface area contributed by atoms with Gasteiger partial charge in [0.2, 0.25) is 5.91 Å². The highest BCUT2D eigenvalue weighted by molar-refractivity contribution is 14.0. The van der Waals surface area contributed by atoms with Gasteiger partial charge < -0.3 is 25.1 Å². The number of ether oxygens (including phenoxy) is 1. The first kappa shape index (κ1) is 20.8. The number of aliphatic imine (C=N–C) groups is 1. The lowest BCUT2D eigenvalue weighted by molar-refractivity contribution is -0.120. The number of nitrogens with one attached hydrogen (secondary N) is 3. The Balaban J connectivity index is 0.00000312. The Hall–Kier alpha value is -2.23. The standard InChI is InChI=1S/C17H22N4O3.HI/c1-18-17(20-10-13-5-3-6-14(9-13)23-2)21-12-16(22)19-11-15-7-4-8-24-15;/h3-9H,10-12H2,1-2H3,(H,19,22)(H2,18,20,21);1H. The van der Waals surface area contributed by atoms with Crippen LogP contribution in [0.4, 0.5) is 0 Å². The van der Waals surface area contributed by atoms with Gasteiger partial charge in [-0.25, -0.2) is 0 Å². The zero-order valence-electron chi connectivity index (χ0n) is 14.2. The van der Waals surface area contributed by atoms with Crippen LogP contribution >= 0.6 is 24.0 Å². The highest BCUT2D eigenvalue weighted by atomic mass is 127. The molecule has 0 aliphatic heterocycles. The summed E-state index contributed by atoms with van der Waals surface area (Å²) in [5.41, 5.74) is 1.06. The summed E-state index contributed by atoms with van der Waals surface area (Å²) >= 11 is 0. The minimum Gasteiger partial charge on any atom is -0.497 e. The monoisotopic (exact) mass is 458 g/mol. The number of hydrogen-bond acceptors (Lipinski definition) is 4. The van der Waals surface area contributed by atoms with E-state index in [1.54, 1.807) is 26.5 Å². The van der Waals surface area contributed by atoms with Crippen LogP contribution < -0.4 is 20.7 Å². The van der Waals surface area contributed by atoms with Crippen molar-refractivity contribution in [2.45, 2.75) is 13.1 Å². The lowest BCUT2D eigenvalue weighted by Crippen LogP contribution is -2.42. The highest BCUT2D eigenvalue weighted by Crippen LogP contribution is 2.11. The molecule has 0 aliphatic rings. The van der Waals surface area contributed by atoms with Crippen molar-refractivity contribution in [3.05, 3.63) is 54.0 Å². The van der Waals surface area contributed by atoms with Crippen molar-refractivity contribution >= 4 is 35.8 Å². The Morgan fingerprint density at radius 2 is 2.00 bits per heavy atom. The molecule has 0 spiro atoms. The second kappa shape index (κ2) is 11.3. The van der Waals surface area contributed by atoms with E-state index >= 15 is 0 Å². The summed E-state index contributed by atoms with van der Waals surface area (Å²) in [5, 5.41) is 8.87. The summed E-state index contributed by atoms with van der Waals surface area (Å²) in [6.45, 7) is 1.06. The van der Waals surface area contributed by atoms with Crippen molar-refractivity contribution in [1.82, 2.24) is 16.0 Å². The average molecular weight is 458 g/mol. The lowest BCUT2D eigenvalue weighted by Gasteiger charge is -2.12. The SMILES string of the molecule is CN=C(NCC(=O)NCc1ccco1)NCc1cccc(OC)c1.I. The van der Waals surface area contributed by atoms with Gasteiger partial charge in [0.1, 0.15) is 11.5 Å². The molecular weight excluding hydrogens is 435 g/mol. The zero-order valence-corrected chi connectivity index (χ0v) is 16.6. The predicted octanol–water partition coefficient (Wildman–Crippen LogP) is 1.89. The van der Waals surface area contributed by atoms with Crippen molar-refractivity contribution < 1.29 is 13.9 Å². The van der Waals surface area contributed by atoms with Crippen LogP contribution in [0.1, 0.15) is 11.3 Å². The van der Waals surface area contributed by atoms with Crippen LogP contribution in [-0.2, 0) is 17.9 Å². The number of carbonyl (C=O) groups excluding carboxylic acids is 1. The van der Waals surface area contributed by atoms with Gasteiger partial charge in [-0.3, -0.25) is 9.79 Å². The van der Waals surface area contributed by atoms with Crippen LogP contribution in [0.25, 0.3) is 0 Å². The third-order valence-corrected chi connectivity index (χ3v) is 3.27. The molecule has 0 aliphatic carbocycles. The number of rotatable bonds is 7. The van der Waals surface area contributed by atoms with E-state index in [4.69, 9.17) is 9.15 Å². The number of nitrogens with zero attached hydrogens (tertiary/aromatic N) is 1. The number of guanidine groups is 1. The van der Waals surface area contributed by atoms with Crippen LogP contribution in [0, 0.1) is 0 Å². The normalized spacial score (nSPS) is 10.6. The van der Waals surface area contributed by atoms with Gasteiger partial charge in [0.05, 0.1) is 26.5 Å². The molecule has 0 atom stereocenters. The Labute approximate surface area is 164 Å². The fourth-order valence-corrected chi connectivity index (χ4v) is 2.01. The minimum absolute atomic E-state index is 0. The van der Waals surface area contributed by atoms with Crippen LogP contribution in [0.3, 0.4) is 0 Å². The Kier molecular flexibility index (Phi) is 9.45. The van der Waals surface area contributed by atoms with Gasteiger partial charge in [-0.2, -0.15) is 0 Å². The number of furan rings is 1. The van der Waals surface area contributed by atoms with Gasteiger partial charge in [-0.05, 0) is 29.8 Å². The molecule has 136 valence electrons. The van der Waals surface area contributed by atoms with E-state index < -0.39 is 0 Å². The van der Waals surface area contributed by atoms with E-state index in [1.807, 2.05) is 30.3 Å². The van der Waals surface area contributed by atoms with E-state index in [0.717, 1.165) is 11.3 Å². The van der Waals surface area contributed by atoms with Crippen molar-refractivity contribution in [3.8, 4) is 5.75 Å².